The Labute approximate surface area is 171 Å². The molecule has 152 valence electrons. The lowest BCUT2D eigenvalue weighted by Gasteiger charge is -2.32. The van der Waals surface area contributed by atoms with Gasteiger partial charge in [-0.3, -0.25) is 19.7 Å². The van der Waals surface area contributed by atoms with E-state index < -0.39 is 5.91 Å². The zero-order chi connectivity index (χ0) is 20.5. The van der Waals surface area contributed by atoms with Gasteiger partial charge < -0.3 is 5.32 Å². The smallest absolute Gasteiger partial charge is 0.274 e. The van der Waals surface area contributed by atoms with Gasteiger partial charge in [0.2, 0.25) is 5.91 Å². The molecule has 0 radical (unpaired) electrons. The predicted molar refractivity (Wildman–Crippen MR) is 112 cm³/mol. The molecule has 2 aromatic rings. The molecule has 0 aliphatic carbocycles. The zero-order valence-electron chi connectivity index (χ0n) is 16.4. The Morgan fingerprint density at radius 2 is 1.72 bits per heavy atom. The van der Waals surface area contributed by atoms with Gasteiger partial charge in [0.05, 0.1) is 0 Å². The monoisotopic (exact) mass is 393 g/mol. The van der Waals surface area contributed by atoms with Crippen LogP contribution in [0.4, 0.5) is 0 Å². The molecular weight excluding hydrogens is 366 g/mol. The van der Waals surface area contributed by atoms with Crippen LogP contribution in [-0.4, -0.2) is 41.6 Å². The topological polar surface area (TPSA) is 81.7 Å². The van der Waals surface area contributed by atoms with E-state index in [1.807, 2.05) is 6.07 Å². The molecule has 0 atom stereocenters. The third-order valence-corrected chi connectivity index (χ3v) is 5.22. The Kier molecular flexibility index (Phi) is 7.55. The Bertz CT molecular complexity index is 826. The van der Waals surface area contributed by atoms with Crippen LogP contribution in [0.25, 0.3) is 6.08 Å². The van der Waals surface area contributed by atoms with Crippen molar-refractivity contribution in [1.82, 2.24) is 15.7 Å². The van der Waals surface area contributed by atoms with E-state index in [1.165, 1.54) is 11.6 Å². The van der Waals surface area contributed by atoms with Gasteiger partial charge in [0, 0.05) is 24.7 Å². The van der Waals surface area contributed by atoms with Crippen LogP contribution in [0.3, 0.4) is 0 Å². The first-order chi connectivity index (χ1) is 14.1. The maximum atomic E-state index is 12.1. The van der Waals surface area contributed by atoms with Crippen LogP contribution in [0.2, 0.25) is 0 Å². The lowest BCUT2D eigenvalue weighted by atomic mass is 9.96. The van der Waals surface area contributed by atoms with E-state index in [9.17, 15) is 9.59 Å². The van der Waals surface area contributed by atoms with Crippen LogP contribution < -0.4 is 10.8 Å². The van der Waals surface area contributed by atoms with Crippen molar-refractivity contribution in [3.05, 3.63) is 77.4 Å². The normalized spacial score (nSPS) is 15.3. The summed E-state index contributed by atoms with van der Waals surface area (Å²) >= 11 is 0. The third kappa shape index (κ3) is 6.55. The summed E-state index contributed by atoms with van der Waals surface area (Å²) in [5.74, 6) is -0.169. The number of piperidine rings is 1. The number of nitrogens with zero attached hydrogens (tertiary/aromatic N) is 1. The molecule has 3 N–H and O–H groups in total. The highest BCUT2D eigenvalue weighted by molar-refractivity contribution is 5.94. The standard InChI is InChI=1S/C23H27N3O3/c27-22(11-8-18-6-9-21(10-7-18)23(28)25-29)24-16-19-12-14-26(15-13-19)17-20-4-2-1-3-5-20/h1-11,19,29H,12-17H2,(H,24,27)(H,25,28)/b11-8+. The second-order valence-corrected chi connectivity index (χ2v) is 7.35. The average molecular weight is 393 g/mol. The molecule has 6 heteroatoms. The first-order valence-corrected chi connectivity index (χ1v) is 9.91. The predicted octanol–water partition coefficient (Wildman–Crippen LogP) is 2.85. The summed E-state index contributed by atoms with van der Waals surface area (Å²) in [6.07, 6.45) is 5.39. The molecule has 1 saturated heterocycles. The van der Waals surface area contributed by atoms with Gasteiger partial charge in [-0.25, -0.2) is 5.48 Å². The number of hydrogen-bond donors (Lipinski definition) is 3. The second kappa shape index (κ2) is 10.5. The molecule has 0 aromatic heterocycles. The molecule has 1 heterocycles. The van der Waals surface area contributed by atoms with Crippen molar-refractivity contribution in [3.63, 3.8) is 0 Å². The number of rotatable bonds is 7. The first kappa shape index (κ1) is 20.8. The molecule has 1 aliphatic heterocycles. The Hall–Kier alpha value is -2.96. The van der Waals surface area contributed by atoms with Crippen molar-refractivity contribution in [2.45, 2.75) is 19.4 Å². The SMILES string of the molecule is O=C(/C=C/c1ccc(C(=O)NO)cc1)NCC1CCN(Cc2ccccc2)CC1. The Balaban J connectivity index is 1.37. The maximum Gasteiger partial charge on any atom is 0.274 e. The fourth-order valence-corrected chi connectivity index (χ4v) is 3.48. The minimum absolute atomic E-state index is 0.117. The van der Waals surface area contributed by atoms with Gasteiger partial charge in [0.15, 0.2) is 0 Å². The fourth-order valence-electron chi connectivity index (χ4n) is 3.48. The largest absolute Gasteiger partial charge is 0.352 e. The number of amides is 2. The number of carbonyl (C=O) groups is 2. The van der Waals surface area contributed by atoms with Crippen LogP contribution >= 0.6 is 0 Å². The lowest BCUT2D eigenvalue weighted by molar-refractivity contribution is -0.116. The minimum atomic E-state index is -0.562. The van der Waals surface area contributed by atoms with Crippen molar-refractivity contribution in [2.24, 2.45) is 5.92 Å². The number of hydrogen-bond acceptors (Lipinski definition) is 4. The van der Waals surface area contributed by atoms with Gasteiger partial charge in [0.25, 0.3) is 5.91 Å². The van der Waals surface area contributed by atoms with Crippen LogP contribution in [0.5, 0.6) is 0 Å². The number of benzene rings is 2. The molecule has 2 aromatic carbocycles. The maximum absolute atomic E-state index is 12.1. The van der Waals surface area contributed by atoms with Crippen molar-refractivity contribution in [1.29, 1.82) is 0 Å². The molecule has 0 spiro atoms. The van der Waals surface area contributed by atoms with E-state index >= 15 is 0 Å². The van der Waals surface area contributed by atoms with Crippen LogP contribution in [0.1, 0.15) is 34.3 Å². The van der Waals surface area contributed by atoms with Crippen LogP contribution in [0.15, 0.2) is 60.7 Å². The fraction of sp³-hybridized carbons (Fsp3) is 0.304. The quantitative estimate of drug-likeness (QED) is 0.384. The summed E-state index contributed by atoms with van der Waals surface area (Å²) in [5, 5.41) is 11.6. The van der Waals surface area contributed by atoms with Crippen LogP contribution in [0, 0.1) is 5.92 Å². The van der Waals surface area contributed by atoms with Crippen LogP contribution in [-0.2, 0) is 11.3 Å². The van der Waals surface area contributed by atoms with E-state index in [-0.39, 0.29) is 5.91 Å². The van der Waals surface area contributed by atoms with Crippen molar-refractivity contribution >= 4 is 17.9 Å². The number of nitrogens with one attached hydrogen (secondary N) is 2. The van der Waals surface area contributed by atoms with E-state index in [0.29, 0.717) is 18.0 Å². The molecule has 0 unspecified atom stereocenters. The number of likely N-dealkylation sites (tertiary alicyclic amines) is 1. The molecule has 0 bridgehead atoms. The molecule has 3 rings (SSSR count). The van der Waals surface area contributed by atoms with E-state index in [4.69, 9.17) is 5.21 Å². The van der Waals surface area contributed by atoms with E-state index in [0.717, 1.165) is 38.0 Å². The Morgan fingerprint density at radius 3 is 2.38 bits per heavy atom. The van der Waals surface area contributed by atoms with Gasteiger partial charge in [0.1, 0.15) is 0 Å². The highest BCUT2D eigenvalue weighted by Crippen LogP contribution is 2.18. The van der Waals surface area contributed by atoms with Gasteiger partial charge in [-0.2, -0.15) is 0 Å². The third-order valence-electron chi connectivity index (χ3n) is 5.22. The lowest BCUT2D eigenvalue weighted by Crippen LogP contribution is -2.38. The summed E-state index contributed by atoms with van der Waals surface area (Å²) in [7, 11) is 0. The summed E-state index contributed by atoms with van der Waals surface area (Å²) in [5.41, 5.74) is 4.09. The highest BCUT2D eigenvalue weighted by Gasteiger charge is 2.19. The number of carbonyl (C=O) groups excluding carboxylic acids is 2. The second-order valence-electron chi connectivity index (χ2n) is 7.35. The minimum Gasteiger partial charge on any atom is -0.352 e. The van der Waals surface area contributed by atoms with Gasteiger partial charge in [-0.15, -0.1) is 0 Å². The molecule has 29 heavy (non-hydrogen) atoms. The highest BCUT2D eigenvalue weighted by atomic mass is 16.5. The first-order valence-electron chi connectivity index (χ1n) is 9.91. The Morgan fingerprint density at radius 1 is 1.03 bits per heavy atom. The molecule has 1 aliphatic rings. The molecule has 2 amide bonds. The molecule has 6 nitrogen and oxygen atoms in total. The van der Waals surface area contributed by atoms with Crippen molar-refractivity contribution in [3.8, 4) is 0 Å². The van der Waals surface area contributed by atoms with E-state index in [2.05, 4.69) is 34.5 Å². The van der Waals surface area contributed by atoms with Crippen molar-refractivity contribution in [2.75, 3.05) is 19.6 Å². The summed E-state index contributed by atoms with van der Waals surface area (Å²) in [6, 6.07) is 17.1. The average Bonchev–Trinajstić information content (AvgIpc) is 2.77. The van der Waals surface area contributed by atoms with Crippen molar-refractivity contribution < 1.29 is 14.8 Å². The van der Waals surface area contributed by atoms with E-state index in [1.54, 1.807) is 35.8 Å². The zero-order valence-corrected chi connectivity index (χ0v) is 16.4. The summed E-state index contributed by atoms with van der Waals surface area (Å²) < 4.78 is 0. The molecular formula is C23H27N3O3. The van der Waals surface area contributed by atoms with Gasteiger partial charge in [-0.1, -0.05) is 42.5 Å². The summed E-state index contributed by atoms with van der Waals surface area (Å²) in [4.78, 5) is 25.8. The molecule has 1 fully saturated rings. The number of hydroxylamine groups is 1. The van der Waals surface area contributed by atoms with Gasteiger partial charge in [-0.05, 0) is 61.2 Å². The van der Waals surface area contributed by atoms with Gasteiger partial charge >= 0.3 is 0 Å². The summed E-state index contributed by atoms with van der Waals surface area (Å²) in [6.45, 7) is 3.79. The molecule has 0 saturated carbocycles.